The van der Waals surface area contributed by atoms with E-state index < -0.39 is 0 Å². The summed E-state index contributed by atoms with van der Waals surface area (Å²) in [5.74, 6) is 0.0366. The first-order chi connectivity index (χ1) is 12.6. The molecule has 1 aliphatic heterocycles. The van der Waals surface area contributed by atoms with Gasteiger partial charge in [-0.05, 0) is 62.5 Å². The fraction of sp³-hybridized carbons (Fsp3) is 0.409. The molecule has 3 nitrogen and oxygen atoms in total. The van der Waals surface area contributed by atoms with Crippen molar-refractivity contribution >= 4 is 5.91 Å². The highest BCUT2D eigenvalue weighted by atomic mass is 19.1. The van der Waals surface area contributed by atoms with Crippen LogP contribution in [0.15, 0.2) is 48.5 Å². The Morgan fingerprint density at radius 2 is 1.85 bits per heavy atom. The largest absolute Gasteiger partial charge is 0.356 e. The second kappa shape index (κ2) is 8.95. The van der Waals surface area contributed by atoms with Crippen LogP contribution in [0.3, 0.4) is 0 Å². The number of aryl methyl sites for hydroxylation is 1. The molecule has 1 N–H and O–H groups in total. The molecule has 1 heterocycles. The average Bonchev–Trinajstić information content (AvgIpc) is 2.64. The number of benzene rings is 2. The molecule has 0 spiro atoms. The number of carbonyl (C=O) groups is 1. The lowest BCUT2D eigenvalue weighted by atomic mass is 9.95. The van der Waals surface area contributed by atoms with Gasteiger partial charge in [0, 0.05) is 19.0 Å². The van der Waals surface area contributed by atoms with Gasteiger partial charge in [0.1, 0.15) is 5.82 Å². The van der Waals surface area contributed by atoms with E-state index in [9.17, 15) is 9.18 Å². The van der Waals surface area contributed by atoms with Gasteiger partial charge in [-0.15, -0.1) is 0 Å². The zero-order valence-corrected chi connectivity index (χ0v) is 15.4. The summed E-state index contributed by atoms with van der Waals surface area (Å²) < 4.78 is 12.9. The molecule has 1 fully saturated rings. The van der Waals surface area contributed by atoms with Gasteiger partial charge in [-0.2, -0.15) is 0 Å². The Hall–Kier alpha value is -2.20. The van der Waals surface area contributed by atoms with E-state index in [1.54, 1.807) is 12.1 Å². The minimum Gasteiger partial charge on any atom is -0.356 e. The lowest BCUT2D eigenvalue weighted by molar-refractivity contribution is -0.126. The first-order valence-electron chi connectivity index (χ1n) is 9.40. The number of amides is 1. The van der Waals surface area contributed by atoms with Crippen molar-refractivity contribution in [2.75, 3.05) is 19.6 Å². The first-order valence-corrected chi connectivity index (χ1v) is 9.40. The maximum atomic E-state index is 12.9. The molecule has 0 unspecified atom stereocenters. The van der Waals surface area contributed by atoms with Crippen molar-refractivity contribution in [1.29, 1.82) is 0 Å². The molecule has 2 aromatic rings. The summed E-state index contributed by atoms with van der Waals surface area (Å²) in [5, 5.41) is 3.04. The predicted molar refractivity (Wildman–Crippen MR) is 102 cm³/mol. The van der Waals surface area contributed by atoms with Gasteiger partial charge < -0.3 is 5.32 Å². The SMILES string of the molecule is Cc1cccc(CN2CCC(C(=O)NCCc3ccc(F)cc3)CC2)c1. The van der Waals surface area contributed by atoms with E-state index in [1.165, 1.54) is 23.3 Å². The van der Waals surface area contributed by atoms with Gasteiger partial charge in [0.05, 0.1) is 0 Å². The van der Waals surface area contributed by atoms with Crippen LogP contribution in [0, 0.1) is 18.7 Å². The molecule has 26 heavy (non-hydrogen) atoms. The van der Waals surface area contributed by atoms with Gasteiger partial charge in [-0.1, -0.05) is 42.0 Å². The third kappa shape index (κ3) is 5.40. The van der Waals surface area contributed by atoms with Crippen LogP contribution in [0.2, 0.25) is 0 Å². The van der Waals surface area contributed by atoms with Crippen molar-refractivity contribution < 1.29 is 9.18 Å². The van der Waals surface area contributed by atoms with E-state index >= 15 is 0 Å². The molecule has 0 saturated carbocycles. The van der Waals surface area contributed by atoms with Gasteiger partial charge in [0.15, 0.2) is 0 Å². The number of nitrogens with one attached hydrogen (secondary N) is 1. The van der Waals surface area contributed by atoms with Crippen LogP contribution in [0.1, 0.15) is 29.5 Å². The minimum absolute atomic E-state index is 0.108. The fourth-order valence-electron chi connectivity index (χ4n) is 3.55. The Kier molecular flexibility index (Phi) is 6.40. The van der Waals surface area contributed by atoms with Gasteiger partial charge in [0.2, 0.25) is 5.91 Å². The topological polar surface area (TPSA) is 32.3 Å². The second-order valence-electron chi connectivity index (χ2n) is 7.21. The van der Waals surface area contributed by atoms with Crippen LogP contribution >= 0.6 is 0 Å². The number of likely N-dealkylation sites (tertiary alicyclic amines) is 1. The maximum Gasteiger partial charge on any atom is 0.223 e. The Balaban J connectivity index is 1.38. The molecule has 0 aliphatic carbocycles. The Morgan fingerprint density at radius 1 is 1.12 bits per heavy atom. The number of nitrogens with zero attached hydrogens (tertiary/aromatic N) is 1. The monoisotopic (exact) mass is 354 g/mol. The van der Waals surface area contributed by atoms with Crippen LogP contribution in [-0.2, 0) is 17.8 Å². The third-order valence-corrected chi connectivity index (χ3v) is 5.07. The molecule has 0 atom stereocenters. The van der Waals surface area contributed by atoms with E-state index in [0.717, 1.165) is 44.5 Å². The molecule has 0 aromatic heterocycles. The molecule has 0 radical (unpaired) electrons. The van der Waals surface area contributed by atoms with Crippen LogP contribution in [-0.4, -0.2) is 30.4 Å². The molecular formula is C22H27FN2O. The van der Waals surface area contributed by atoms with E-state index in [1.807, 2.05) is 0 Å². The zero-order valence-electron chi connectivity index (χ0n) is 15.4. The van der Waals surface area contributed by atoms with Gasteiger partial charge in [0.25, 0.3) is 0 Å². The Morgan fingerprint density at radius 3 is 2.54 bits per heavy atom. The molecule has 138 valence electrons. The molecular weight excluding hydrogens is 327 g/mol. The second-order valence-corrected chi connectivity index (χ2v) is 7.21. The maximum absolute atomic E-state index is 12.9. The molecule has 1 aliphatic rings. The van der Waals surface area contributed by atoms with E-state index in [-0.39, 0.29) is 17.6 Å². The van der Waals surface area contributed by atoms with Gasteiger partial charge in [-0.3, -0.25) is 9.69 Å². The summed E-state index contributed by atoms with van der Waals surface area (Å²) in [5.41, 5.74) is 3.67. The number of hydrogen-bond donors (Lipinski definition) is 1. The fourth-order valence-corrected chi connectivity index (χ4v) is 3.55. The lowest BCUT2D eigenvalue weighted by Gasteiger charge is -2.31. The predicted octanol–water partition coefficient (Wildman–Crippen LogP) is 3.71. The number of piperidine rings is 1. The Labute approximate surface area is 155 Å². The van der Waals surface area contributed by atoms with Crippen molar-refractivity contribution in [3.05, 3.63) is 71.0 Å². The highest BCUT2D eigenvalue weighted by molar-refractivity contribution is 5.78. The highest BCUT2D eigenvalue weighted by Gasteiger charge is 2.24. The third-order valence-electron chi connectivity index (χ3n) is 5.07. The van der Waals surface area contributed by atoms with Crippen molar-refractivity contribution in [2.24, 2.45) is 5.92 Å². The quantitative estimate of drug-likeness (QED) is 0.858. The standard InChI is InChI=1S/C22H27FN2O/c1-17-3-2-4-19(15-17)16-25-13-10-20(11-14-25)22(26)24-12-9-18-5-7-21(23)8-6-18/h2-8,15,20H,9-14,16H2,1H3,(H,24,26). The number of hydrogen-bond acceptors (Lipinski definition) is 2. The molecule has 0 bridgehead atoms. The minimum atomic E-state index is -0.227. The zero-order chi connectivity index (χ0) is 18.4. The van der Waals surface area contributed by atoms with E-state index in [2.05, 4.69) is 41.4 Å². The summed E-state index contributed by atoms with van der Waals surface area (Å²) >= 11 is 0. The lowest BCUT2D eigenvalue weighted by Crippen LogP contribution is -2.40. The molecule has 4 heteroatoms. The van der Waals surface area contributed by atoms with Crippen LogP contribution in [0.4, 0.5) is 4.39 Å². The molecule has 1 amide bonds. The summed E-state index contributed by atoms with van der Waals surface area (Å²) in [6.07, 6.45) is 2.56. The normalized spacial score (nSPS) is 15.8. The van der Waals surface area contributed by atoms with Crippen molar-refractivity contribution in [2.45, 2.75) is 32.7 Å². The molecule has 1 saturated heterocycles. The average molecular weight is 354 g/mol. The number of carbonyl (C=O) groups excluding carboxylic acids is 1. The summed E-state index contributed by atoms with van der Waals surface area (Å²) in [7, 11) is 0. The first kappa shape index (κ1) is 18.6. The number of halogens is 1. The Bertz CT molecular complexity index is 721. The molecule has 2 aromatic carbocycles. The summed E-state index contributed by atoms with van der Waals surface area (Å²) in [4.78, 5) is 14.8. The van der Waals surface area contributed by atoms with Gasteiger partial charge >= 0.3 is 0 Å². The van der Waals surface area contributed by atoms with Gasteiger partial charge in [-0.25, -0.2) is 4.39 Å². The van der Waals surface area contributed by atoms with Crippen molar-refractivity contribution in [3.63, 3.8) is 0 Å². The highest BCUT2D eigenvalue weighted by Crippen LogP contribution is 2.19. The molecule has 3 rings (SSSR count). The number of rotatable bonds is 6. The van der Waals surface area contributed by atoms with Crippen LogP contribution < -0.4 is 5.32 Å². The summed E-state index contributed by atoms with van der Waals surface area (Å²) in [6, 6.07) is 15.1. The van der Waals surface area contributed by atoms with Crippen molar-refractivity contribution in [3.8, 4) is 0 Å². The van der Waals surface area contributed by atoms with Crippen LogP contribution in [0.5, 0.6) is 0 Å². The van der Waals surface area contributed by atoms with E-state index in [0.29, 0.717) is 6.54 Å². The van der Waals surface area contributed by atoms with E-state index in [4.69, 9.17) is 0 Å². The summed E-state index contributed by atoms with van der Waals surface area (Å²) in [6.45, 7) is 5.61. The van der Waals surface area contributed by atoms with Crippen molar-refractivity contribution in [1.82, 2.24) is 10.2 Å². The smallest absolute Gasteiger partial charge is 0.223 e. The van der Waals surface area contributed by atoms with Crippen LogP contribution in [0.25, 0.3) is 0 Å².